The quantitative estimate of drug-likeness (QED) is 0.858. The third-order valence-electron chi connectivity index (χ3n) is 3.09. The third-order valence-corrected chi connectivity index (χ3v) is 4.54. The maximum atomic E-state index is 12.1. The highest BCUT2D eigenvalue weighted by molar-refractivity contribution is 7.89. The summed E-state index contributed by atoms with van der Waals surface area (Å²) in [5.74, 6) is -0.101. The minimum absolute atomic E-state index is 0.0533. The van der Waals surface area contributed by atoms with E-state index in [4.69, 9.17) is 0 Å². The summed E-state index contributed by atoms with van der Waals surface area (Å²) >= 11 is 0. The van der Waals surface area contributed by atoms with E-state index in [1.54, 1.807) is 36.2 Å². The molecule has 0 spiro atoms. The van der Waals surface area contributed by atoms with E-state index in [0.717, 1.165) is 0 Å². The van der Waals surface area contributed by atoms with Crippen LogP contribution in [0.25, 0.3) is 0 Å². The Balaban J connectivity index is 1.97. The largest absolute Gasteiger partial charge is 0.336 e. The molecule has 0 aliphatic carbocycles. The predicted molar refractivity (Wildman–Crippen MR) is 71.1 cm³/mol. The Bertz CT molecular complexity index is 545. The first-order valence-corrected chi connectivity index (χ1v) is 7.87. The number of nitrogens with one attached hydrogen (secondary N) is 1. The Morgan fingerprint density at radius 2 is 2.32 bits per heavy atom. The molecule has 2 rings (SSSR count). The first kappa shape index (κ1) is 14.0. The Kier molecular flexibility index (Phi) is 4.16. The van der Waals surface area contributed by atoms with Gasteiger partial charge in [0.2, 0.25) is 10.0 Å². The number of carbonyl (C=O) groups is 1. The number of hydrogen-bond acceptors (Lipinski definition) is 4. The normalized spacial score (nSPS) is 19.6. The average Bonchev–Trinajstić information content (AvgIpc) is 2.86. The topological polar surface area (TPSA) is 79.4 Å². The molecule has 104 valence electrons. The van der Waals surface area contributed by atoms with E-state index in [9.17, 15) is 13.2 Å². The van der Waals surface area contributed by atoms with Crippen LogP contribution < -0.4 is 4.72 Å². The molecule has 6 nitrogen and oxygen atoms in total. The fourth-order valence-electron chi connectivity index (χ4n) is 2.03. The zero-order chi connectivity index (χ0) is 13.9. The van der Waals surface area contributed by atoms with Gasteiger partial charge in [-0.25, -0.2) is 13.1 Å². The van der Waals surface area contributed by atoms with Crippen molar-refractivity contribution < 1.29 is 13.2 Å². The first-order valence-electron chi connectivity index (χ1n) is 6.22. The number of pyridine rings is 1. The van der Waals surface area contributed by atoms with E-state index in [1.807, 2.05) is 0 Å². The summed E-state index contributed by atoms with van der Waals surface area (Å²) in [7, 11) is -3.22. The summed E-state index contributed by atoms with van der Waals surface area (Å²) in [6.07, 6.45) is 2.21. The highest BCUT2D eigenvalue weighted by Crippen LogP contribution is 2.13. The van der Waals surface area contributed by atoms with Crippen LogP contribution in [-0.2, 0) is 10.0 Å². The number of nitrogens with zero attached hydrogens (tertiary/aromatic N) is 2. The lowest BCUT2D eigenvalue weighted by Crippen LogP contribution is -2.39. The van der Waals surface area contributed by atoms with Gasteiger partial charge in [0.15, 0.2) is 0 Å². The fraction of sp³-hybridized carbons (Fsp3) is 0.500. The van der Waals surface area contributed by atoms with Crippen molar-refractivity contribution in [1.82, 2.24) is 14.6 Å². The molecule has 0 radical (unpaired) electrons. The molecular formula is C12H17N3O3S. The van der Waals surface area contributed by atoms with Crippen molar-refractivity contribution >= 4 is 15.9 Å². The van der Waals surface area contributed by atoms with Crippen molar-refractivity contribution in [2.24, 2.45) is 0 Å². The zero-order valence-corrected chi connectivity index (χ0v) is 11.6. The molecule has 1 fully saturated rings. The highest BCUT2D eigenvalue weighted by atomic mass is 32.2. The lowest BCUT2D eigenvalue weighted by molar-refractivity contribution is 0.0784. The zero-order valence-electron chi connectivity index (χ0n) is 10.7. The van der Waals surface area contributed by atoms with E-state index in [1.165, 1.54) is 0 Å². The van der Waals surface area contributed by atoms with Gasteiger partial charge in [-0.2, -0.15) is 0 Å². The maximum Gasteiger partial charge on any atom is 0.272 e. The van der Waals surface area contributed by atoms with Crippen LogP contribution in [0.4, 0.5) is 0 Å². The van der Waals surface area contributed by atoms with Crippen LogP contribution in [0.2, 0.25) is 0 Å². The number of rotatable bonds is 4. The summed E-state index contributed by atoms with van der Waals surface area (Å²) < 4.78 is 25.5. The molecule has 1 aromatic heterocycles. The minimum Gasteiger partial charge on any atom is -0.336 e. The van der Waals surface area contributed by atoms with Gasteiger partial charge < -0.3 is 4.90 Å². The standard InChI is InChI=1S/C12H17N3O3S/c1-2-19(17,18)14-10-6-8-15(9-10)12(16)11-5-3-4-7-13-11/h3-5,7,10,14H,2,6,8-9H2,1H3. The summed E-state index contributed by atoms with van der Waals surface area (Å²) in [6, 6.07) is 4.97. The Labute approximate surface area is 112 Å². The molecule has 0 aromatic carbocycles. The van der Waals surface area contributed by atoms with Gasteiger partial charge in [-0.1, -0.05) is 6.07 Å². The van der Waals surface area contributed by atoms with Gasteiger partial charge in [0.1, 0.15) is 5.69 Å². The van der Waals surface area contributed by atoms with Gasteiger partial charge in [0.25, 0.3) is 5.91 Å². The van der Waals surface area contributed by atoms with Crippen molar-refractivity contribution in [3.8, 4) is 0 Å². The second-order valence-corrected chi connectivity index (χ2v) is 6.52. The molecule has 1 unspecified atom stereocenters. The van der Waals surface area contributed by atoms with Crippen LogP contribution in [0, 0.1) is 0 Å². The lowest BCUT2D eigenvalue weighted by atomic mass is 10.3. The second-order valence-electron chi connectivity index (χ2n) is 4.47. The molecule has 0 bridgehead atoms. The van der Waals surface area contributed by atoms with Gasteiger partial charge in [-0.05, 0) is 25.5 Å². The predicted octanol–water partition coefficient (Wildman–Crippen LogP) is 0.235. The highest BCUT2D eigenvalue weighted by Gasteiger charge is 2.29. The van der Waals surface area contributed by atoms with E-state index < -0.39 is 10.0 Å². The molecule has 1 amide bonds. The van der Waals surface area contributed by atoms with Gasteiger partial charge in [0, 0.05) is 25.3 Å². The summed E-state index contributed by atoms with van der Waals surface area (Å²) in [5.41, 5.74) is 0.390. The Morgan fingerprint density at radius 1 is 1.53 bits per heavy atom. The van der Waals surface area contributed by atoms with Crippen LogP contribution in [-0.4, -0.2) is 49.1 Å². The molecule has 2 heterocycles. The molecule has 1 saturated heterocycles. The molecule has 1 aliphatic rings. The number of aromatic nitrogens is 1. The van der Waals surface area contributed by atoms with Gasteiger partial charge in [0.05, 0.1) is 5.75 Å². The first-order chi connectivity index (χ1) is 9.02. The minimum atomic E-state index is -3.22. The fourth-order valence-corrected chi connectivity index (χ4v) is 2.90. The number of likely N-dealkylation sites (tertiary alicyclic amines) is 1. The van der Waals surface area contributed by atoms with E-state index in [2.05, 4.69) is 9.71 Å². The van der Waals surface area contributed by atoms with Gasteiger partial charge in [-0.15, -0.1) is 0 Å². The Hall–Kier alpha value is -1.47. The van der Waals surface area contributed by atoms with Gasteiger partial charge in [-0.3, -0.25) is 9.78 Å². The molecule has 1 aliphatic heterocycles. The number of sulfonamides is 1. The number of carbonyl (C=O) groups excluding carboxylic acids is 1. The third kappa shape index (κ3) is 3.51. The molecule has 1 aromatic rings. The van der Waals surface area contributed by atoms with Crippen LogP contribution in [0.5, 0.6) is 0 Å². The van der Waals surface area contributed by atoms with Crippen molar-refractivity contribution in [2.45, 2.75) is 19.4 Å². The summed E-state index contributed by atoms with van der Waals surface area (Å²) in [5, 5.41) is 0. The maximum absolute atomic E-state index is 12.1. The van der Waals surface area contributed by atoms with Crippen LogP contribution in [0.15, 0.2) is 24.4 Å². The number of hydrogen-bond donors (Lipinski definition) is 1. The van der Waals surface area contributed by atoms with E-state index in [0.29, 0.717) is 25.2 Å². The molecular weight excluding hydrogens is 266 g/mol. The average molecular weight is 283 g/mol. The van der Waals surface area contributed by atoms with Crippen molar-refractivity contribution in [3.05, 3.63) is 30.1 Å². The molecule has 1 N–H and O–H groups in total. The van der Waals surface area contributed by atoms with Crippen LogP contribution in [0.3, 0.4) is 0 Å². The monoisotopic (exact) mass is 283 g/mol. The van der Waals surface area contributed by atoms with E-state index in [-0.39, 0.29) is 17.7 Å². The lowest BCUT2D eigenvalue weighted by Gasteiger charge is -2.16. The molecule has 1 atom stereocenters. The Morgan fingerprint density at radius 3 is 2.95 bits per heavy atom. The summed E-state index contributed by atoms with van der Waals surface area (Å²) in [6.45, 7) is 2.54. The van der Waals surface area contributed by atoms with Gasteiger partial charge >= 0.3 is 0 Å². The van der Waals surface area contributed by atoms with Crippen molar-refractivity contribution in [3.63, 3.8) is 0 Å². The summed E-state index contributed by atoms with van der Waals surface area (Å²) in [4.78, 5) is 17.8. The second kappa shape index (κ2) is 5.66. The molecule has 7 heteroatoms. The molecule has 0 saturated carbocycles. The van der Waals surface area contributed by atoms with Crippen LogP contribution in [0.1, 0.15) is 23.8 Å². The number of amides is 1. The SMILES string of the molecule is CCS(=O)(=O)NC1CCN(C(=O)c2ccccn2)C1. The van der Waals surface area contributed by atoms with E-state index >= 15 is 0 Å². The van der Waals surface area contributed by atoms with Crippen molar-refractivity contribution in [2.75, 3.05) is 18.8 Å². The molecule has 19 heavy (non-hydrogen) atoms. The van der Waals surface area contributed by atoms with Crippen molar-refractivity contribution in [1.29, 1.82) is 0 Å². The van der Waals surface area contributed by atoms with Crippen LogP contribution >= 0.6 is 0 Å². The smallest absolute Gasteiger partial charge is 0.272 e.